The third-order valence-corrected chi connectivity index (χ3v) is 5.79. The van der Waals surface area contributed by atoms with Gasteiger partial charge in [-0.05, 0) is 35.9 Å². The van der Waals surface area contributed by atoms with Crippen LogP contribution in [0.4, 0.5) is 10.8 Å². The van der Waals surface area contributed by atoms with Gasteiger partial charge in [-0.2, -0.15) is 4.37 Å². The molecule has 0 spiro atoms. The zero-order chi connectivity index (χ0) is 14.4. The van der Waals surface area contributed by atoms with Crippen molar-refractivity contribution < 1.29 is 5.11 Å². The van der Waals surface area contributed by atoms with Gasteiger partial charge in [-0.1, -0.05) is 30.3 Å². The molecule has 4 rings (SSSR count). The van der Waals surface area contributed by atoms with Crippen LogP contribution in [0.2, 0.25) is 0 Å². The molecule has 2 aromatic rings. The molecule has 110 valence electrons. The van der Waals surface area contributed by atoms with E-state index >= 15 is 0 Å². The molecule has 4 nitrogen and oxygen atoms in total. The summed E-state index contributed by atoms with van der Waals surface area (Å²) in [6, 6.07) is 10.2. The van der Waals surface area contributed by atoms with Gasteiger partial charge in [-0.25, -0.2) is 0 Å². The molecule has 3 atom stereocenters. The van der Waals surface area contributed by atoms with E-state index in [2.05, 4.69) is 21.4 Å². The van der Waals surface area contributed by atoms with Crippen LogP contribution in [0.25, 0.3) is 11.1 Å². The Kier molecular flexibility index (Phi) is 3.12. The number of hydrogen-bond donors (Lipinski definition) is 2. The first-order valence-electron chi connectivity index (χ1n) is 7.47. The number of rotatable bonds is 2. The van der Waals surface area contributed by atoms with Crippen LogP contribution in [0, 0.1) is 11.8 Å². The Morgan fingerprint density at radius 3 is 2.76 bits per heavy atom. The highest BCUT2D eigenvalue weighted by Gasteiger charge is 2.42. The van der Waals surface area contributed by atoms with E-state index < -0.39 is 0 Å². The van der Waals surface area contributed by atoms with Gasteiger partial charge < -0.3 is 15.7 Å². The van der Waals surface area contributed by atoms with E-state index in [1.807, 2.05) is 18.2 Å². The minimum absolute atomic E-state index is 0.134. The van der Waals surface area contributed by atoms with Crippen LogP contribution < -0.4 is 10.6 Å². The maximum atomic E-state index is 10.1. The van der Waals surface area contributed by atoms with Gasteiger partial charge in [0.25, 0.3) is 0 Å². The summed E-state index contributed by atoms with van der Waals surface area (Å²) < 4.78 is 4.37. The summed E-state index contributed by atoms with van der Waals surface area (Å²) in [5.74, 6) is 1.64. The topological polar surface area (TPSA) is 62.4 Å². The molecule has 1 aromatic carbocycles. The fourth-order valence-electron chi connectivity index (χ4n) is 3.79. The van der Waals surface area contributed by atoms with Crippen molar-refractivity contribution in [3.63, 3.8) is 0 Å². The van der Waals surface area contributed by atoms with Crippen LogP contribution in [0.3, 0.4) is 0 Å². The Morgan fingerprint density at radius 1 is 1.19 bits per heavy atom. The monoisotopic (exact) mass is 301 g/mol. The molecule has 1 aliphatic heterocycles. The number of nitrogen functional groups attached to an aromatic ring is 1. The van der Waals surface area contributed by atoms with E-state index in [1.54, 1.807) is 0 Å². The summed E-state index contributed by atoms with van der Waals surface area (Å²) in [5.41, 5.74) is 8.28. The van der Waals surface area contributed by atoms with Crippen LogP contribution >= 0.6 is 11.5 Å². The molecule has 0 amide bonds. The van der Waals surface area contributed by atoms with E-state index in [4.69, 9.17) is 5.73 Å². The van der Waals surface area contributed by atoms with E-state index in [9.17, 15) is 5.11 Å². The molecule has 2 aliphatic rings. The van der Waals surface area contributed by atoms with Crippen LogP contribution in [-0.2, 0) is 0 Å². The quantitative estimate of drug-likeness (QED) is 0.895. The Bertz CT molecular complexity index is 642. The van der Waals surface area contributed by atoms with Gasteiger partial charge in [-0.3, -0.25) is 0 Å². The Hall–Kier alpha value is -1.59. The maximum absolute atomic E-state index is 10.1. The zero-order valence-corrected chi connectivity index (χ0v) is 12.6. The van der Waals surface area contributed by atoms with Gasteiger partial charge in [0, 0.05) is 19.0 Å². The lowest BCUT2D eigenvalue weighted by atomic mass is 10.00. The van der Waals surface area contributed by atoms with E-state index in [0.717, 1.165) is 42.1 Å². The van der Waals surface area contributed by atoms with Crippen molar-refractivity contribution in [3.05, 3.63) is 30.3 Å². The fourth-order valence-corrected chi connectivity index (χ4v) is 4.64. The smallest absolute Gasteiger partial charge is 0.147 e. The molecule has 0 radical (unpaired) electrons. The minimum atomic E-state index is -0.134. The highest BCUT2D eigenvalue weighted by Crippen LogP contribution is 2.45. The molecule has 1 aliphatic carbocycles. The van der Waals surface area contributed by atoms with Crippen LogP contribution in [0.5, 0.6) is 0 Å². The maximum Gasteiger partial charge on any atom is 0.147 e. The van der Waals surface area contributed by atoms with E-state index in [1.165, 1.54) is 11.5 Å². The van der Waals surface area contributed by atoms with Crippen molar-refractivity contribution in [2.75, 3.05) is 23.7 Å². The molecule has 2 fully saturated rings. The number of aliphatic hydroxyl groups is 1. The number of fused-ring (bicyclic) bond motifs is 1. The van der Waals surface area contributed by atoms with Gasteiger partial charge in [-0.15, -0.1) is 0 Å². The number of aromatic nitrogens is 1. The lowest BCUT2D eigenvalue weighted by Gasteiger charge is -2.20. The molecule has 0 bridgehead atoms. The molecule has 21 heavy (non-hydrogen) atoms. The number of aliphatic hydroxyl groups excluding tert-OH is 1. The molecular weight excluding hydrogens is 282 g/mol. The molecule has 5 heteroatoms. The number of anilines is 2. The van der Waals surface area contributed by atoms with Crippen molar-refractivity contribution >= 4 is 22.4 Å². The average Bonchev–Trinajstić information content (AvgIpc) is 3.16. The predicted molar refractivity (Wildman–Crippen MR) is 86.4 cm³/mol. The van der Waals surface area contributed by atoms with Crippen LogP contribution in [0.1, 0.15) is 12.8 Å². The third kappa shape index (κ3) is 2.12. The molecule has 1 saturated heterocycles. The minimum Gasteiger partial charge on any atom is -0.393 e. The average molecular weight is 301 g/mol. The molecular formula is C16H19N3OS. The Morgan fingerprint density at radius 2 is 2.00 bits per heavy atom. The van der Waals surface area contributed by atoms with Crippen molar-refractivity contribution in [2.45, 2.75) is 18.9 Å². The second-order valence-electron chi connectivity index (χ2n) is 6.09. The highest BCUT2D eigenvalue weighted by molar-refractivity contribution is 7.11. The van der Waals surface area contributed by atoms with Gasteiger partial charge >= 0.3 is 0 Å². The second-order valence-corrected chi connectivity index (χ2v) is 6.84. The summed E-state index contributed by atoms with van der Waals surface area (Å²) in [7, 11) is 0. The number of nitrogens with zero attached hydrogens (tertiary/aromatic N) is 2. The fraction of sp³-hybridized carbons (Fsp3) is 0.438. The summed E-state index contributed by atoms with van der Waals surface area (Å²) in [5, 5.41) is 11.2. The third-order valence-electron chi connectivity index (χ3n) is 4.87. The van der Waals surface area contributed by atoms with Crippen molar-refractivity contribution in [2.24, 2.45) is 11.8 Å². The zero-order valence-electron chi connectivity index (χ0n) is 11.8. The SMILES string of the molecule is Nc1nsc(N2CC3CCC(O)C3C2)c1-c1ccccc1. The lowest BCUT2D eigenvalue weighted by molar-refractivity contribution is 0.134. The highest BCUT2D eigenvalue weighted by atomic mass is 32.1. The van der Waals surface area contributed by atoms with E-state index in [-0.39, 0.29) is 6.10 Å². The second kappa shape index (κ2) is 5.00. The normalized spacial score (nSPS) is 28.0. The van der Waals surface area contributed by atoms with Gasteiger partial charge in [0.05, 0.1) is 11.7 Å². The summed E-state index contributed by atoms with van der Waals surface area (Å²) >= 11 is 1.48. The van der Waals surface area contributed by atoms with Gasteiger partial charge in [0.15, 0.2) is 0 Å². The van der Waals surface area contributed by atoms with Gasteiger partial charge in [0.2, 0.25) is 0 Å². The summed E-state index contributed by atoms with van der Waals surface area (Å²) in [6.45, 7) is 1.94. The largest absolute Gasteiger partial charge is 0.393 e. The summed E-state index contributed by atoms with van der Waals surface area (Å²) in [4.78, 5) is 2.37. The first-order valence-corrected chi connectivity index (χ1v) is 8.25. The van der Waals surface area contributed by atoms with Crippen molar-refractivity contribution in [1.29, 1.82) is 0 Å². The van der Waals surface area contributed by atoms with E-state index in [0.29, 0.717) is 17.7 Å². The van der Waals surface area contributed by atoms with Crippen molar-refractivity contribution in [1.82, 2.24) is 4.37 Å². The first-order chi connectivity index (χ1) is 10.2. The predicted octanol–water partition coefficient (Wildman–Crippen LogP) is 2.60. The Labute approximate surface area is 128 Å². The van der Waals surface area contributed by atoms with Crippen LogP contribution in [-0.4, -0.2) is 28.7 Å². The summed E-state index contributed by atoms with van der Waals surface area (Å²) in [6.07, 6.45) is 1.96. The first kappa shape index (κ1) is 13.1. The van der Waals surface area contributed by atoms with Crippen LogP contribution in [0.15, 0.2) is 30.3 Å². The molecule has 3 N–H and O–H groups in total. The number of nitrogens with two attached hydrogens (primary N) is 1. The standard InChI is InChI=1S/C16H19N3OS/c17-15-14(10-4-2-1-3-5-10)16(21-18-15)19-8-11-6-7-13(20)12(11)9-19/h1-5,11-13,20H,6-9H2,(H2,17,18). The molecule has 2 heterocycles. The molecule has 3 unspecified atom stereocenters. The lowest BCUT2D eigenvalue weighted by Crippen LogP contribution is -2.24. The number of benzene rings is 1. The molecule has 1 saturated carbocycles. The van der Waals surface area contributed by atoms with Gasteiger partial charge in [0.1, 0.15) is 10.8 Å². The van der Waals surface area contributed by atoms with Crippen molar-refractivity contribution in [3.8, 4) is 11.1 Å². The number of hydrogen-bond acceptors (Lipinski definition) is 5. The Balaban J connectivity index is 1.68. The molecule has 1 aromatic heterocycles.